The predicted molar refractivity (Wildman–Crippen MR) is 75.8 cm³/mol. The summed E-state index contributed by atoms with van der Waals surface area (Å²) in [6, 6.07) is 9.83. The fourth-order valence-electron chi connectivity index (χ4n) is 2.44. The Morgan fingerprint density at radius 3 is 2.32 bits per heavy atom. The number of nitrogens with zero attached hydrogens (tertiary/aromatic N) is 1. The molecule has 1 heterocycles. The maximum atomic E-state index is 11.8. The Morgan fingerprint density at radius 2 is 1.63 bits per heavy atom. The van der Waals surface area contributed by atoms with Gasteiger partial charge in [0, 0.05) is 0 Å². The molecular formula is C16H23NO2. The molecule has 2 rings (SSSR count). The molecule has 0 N–H and O–H groups in total. The van der Waals surface area contributed by atoms with Crippen LogP contribution >= 0.6 is 0 Å². The van der Waals surface area contributed by atoms with E-state index in [9.17, 15) is 4.79 Å². The molecule has 0 amide bonds. The van der Waals surface area contributed by atoms with Crippen LogP contribution in [0, 0.1) is 0 Å². The van der Waals surface area contributed by atoms with E-state index in [2.05, 4.69) is 4.90 Å². The van der Waals surface area contributed by atoms with E-state index in [4.69, 9.17) is 4.74 Å². The van der Waals surface area contributed by atoms with E-state index in [0.29, 0.717) is 13.2 Å². The van der Waals surface area contributed by atoms with E-state index in [0.717, 1.165) is 18.7 Å². The minimum Gasteiger partial charge on any atom is -0.460 e. The summed E-state index contributed by atoms with van der Waals surface area (Å²) in [6.45, 7) is 2.88. The maximum absolute atomic E-state index is 11.8. The molecule has 0 atom stereocenters. The third kappa shape index (κ3) is 5.43. The number of benzene rings is 1. The van der Waals surface area contributed by atoms with Crippen LogP contribution < -0.4 is 0 Å². The number of hydrogen-bond acceptors (Lipinski definition) is 3. The third-order valence-electron chi connectivity index (χ3n) is 3.54. The third-order valence-corrected chi connectivity index (χ3v) is 3.54. The number of hydrogen-bond donors (Lipinski definition) is 0. The van der Waals surface area contributed by atoms with Gasteiger partial charge in [-0.25, -0.2) is 0 Å². The van der Waals surface area contributed by atoms with Crippen molar-refractivity contribution in [1.82, 2.24) is 4.90 Å². The van der Waals surface area contributed by atoms with Gasteiger partial charge in [-0.3, -0.25) is 9.69 Å². The first-order valence-electron chi connectivity index (χ1n) is 7.26. The van der Waals surface area contributed by atoms with Crippen LogP contribution in [0.3, 0.4) is 0 Å². The molecule has 3 nitrogen and oxygen atoms in total. The van der Waals surface area contributed by atoms with Gasteiger partial charge in [0.15, 0.2) is 0 Å². The standard InChI is InChI=1S/C16H23NO2/c18-16(19-14-15-9-5-4-6-10-15)13-17-11-7-2-1-3-8-12-17/h4-6,9-10H,1-3,7-8,11-14H2. The molecule has 1 aliphatic rings. The van der Waals surface area contributed by atoms with Crippen LogP contribution in [0.15, 0.2) is 30.3 Å². The van der Waals surface area contributed by atoms with E-state index in [1.165, 1.54) is 32.1 Å². The summed E-state index contributed by atoms with van der Waals surface area (Å²) < 4.78 is 5.32. The summed E-state index contributed by atoms with van der Waals surface area (Å²) in [5.41, 5.74) is 1.04. The Hall–Kier alpha value is -1.35. The molecule has 0 unspecified atom stereocenters. The van der Waals surface area contributed by atoms with Gasteiger partial charge in [-0.1, -0.05) is 49.6 Å². The average Bonchev–Trinajstić information content (AvgIpc) is 2.41. The lowest BCUT2D eigenvalue weighted by Gasteiger charge is -2.23. The SMILES string of the molecule is O=C(CN1CCCCCCC1)OCc1ccccc1. The lowest BCUT2D eigenvalue weighted by molar-refractivity contribution is -0.146. The van der Waals surface area contributed by atoms with Gasteiger partial charge in [0.25, 0.3) is 0 Å². The van der Waals surface area contributed by atoms with Crippen molar-refractivity contribution in [3.8, 4) is 0 Å². The quantitative estimate of drug-likeness (QED) is 0.780. The molecular weight excluding hydrogens is 238 g/mol. The van der Waals surface area contributed by atoms with Crippen molar-refractivity contribution in [1.29, 1.82) is 0 Å². The maximum Gasteiger partial charge on any atom is 0.320 e. The van der Waals surface area contributed by atoms with Gasteiger partial charge in [-0.2, -0.15) is 0 Å². The van der Waals surface area contributed by atoms with Gasteiger partial charge in [0.2, 0.25) is 0 Å². The molecule has 0 saturated carbocycles. The van der Waals surface area contributed by atoms with Crippen LogP contribution in [0.4, 0.5) is 0 Å². The van der Waals surface area contributed by atoms with Gasteiger partial charge in [0.05, 0.1) is 6.54 Å². The molecule has 1 fully saturated rings. The van der Waals surface area contributed by atoms with Crippen molar-refractivity contribution in [3.05, 3.63) is 35.9 Å². The lowest BCUT2D eigenvalue weighted by atomic mass is 10.1. The van der Waals surface area contributed by atoms with Crippen molar-refractivity contribution in [3.63, 3.8) is 0 Å². The van der Waals surface area contributed by atoms with Crippen molar-refractivity contribution in [2.24, 2.45) is 0 Å². The highest BCUT2D eigenvalue weighted by atomic mass is 16.5. The monoisotopic (exact) mass is 261 g/mol. The summed E-state index contributed by atoms with van der Waals surface area (Å²) in [5.74, 6) is -0.107. The Bertz CT molecular complexity index is 370. The number of rotatable bonds is 4. The van der Waals surface area contributed by atoms with Crippen molar-refractivity contribution in [2.75, 3.05) is 19.6 Å². The van der Waals surface area contributed by atoms with E-state index >= 15 is 0 Å². The van der Waals surface area contributed by atoms with E-state index in [1.54, 1.807) is 0 Å². The largest absolute Gasteiger partial charge is 0.460 e. The second-order valence-corrected chi connectivity index (χ2v) is 5.19. The normalized spacial score (nSPS) is 17.5. The van der Waals surface area contributed by atoms with E-state index in [1.807, 2.05) is 30.3 Å². The van der Waals surface area contributed by atoms with Crippen LogP contribution in [0.2, 0.25) is 0 Å². The number of ether oxygens (including phenoxy) is 1. The van der Waals surface area contributed by atoms with Gasteiger partial charge in [0.1, 0.15) is 6.61 Å². The van der Waals surface area contributed by atoms with Crippen molar-refractivity contribution >= 4 is 5.97 Å². The van der Waals surface area contributed by atoms with E-state index < -0.39 is 0 Å². The molecule has 1 saturated heterocycles. The average molecular weight is 261 g/mol. The summed E-state index contributed by atoms with van der Waals surface area (Å²) in [6.07, 6.45) is 6.31. The zero-order valence-electron chi connectivity index (χ0n) is 11.5. The second kappa shape index (κ2) is 7.95. The second-order valence-electron chi connectivity index (χ2n) is 5.19. The minimum absolute atomic E-state index is 0.107. The molecule has 0 aliphatic carbocycles. The first-order chi connectivity index (χ1) is 9.34. The van der Waals surface area contributed by atoms with Gasteiger partial charge >= 0.3 is 5.97 Å². The number of esters is 1. The molecule has 104 valence electrons. The Morgan fingerprint density at radius 1 is 1.00 bits per heavy atom. The molecule has 0 bridgehead atoms. The summed E-state index contributed by atoms with van der Waals surface area (Å²) in [5, 5.41) is 0. The number of likely N-dealkylation sites (tertiary alicyclic amines) is 1. The fourth-order valence-corrected chi connectivity index (χ4v) is 2.44. The Labute approximate surface area is 115 Å². The first-order valence-corrected chi connectivity index (χ1v) is 7.26. The lowest BCUT2D eigenvalue weighted by Crippen LogP contribution is -2.33. The predicted octanol–water partition coefficient (Wildman–Crippen LogP) is 3.00. The molecule has 1 aromatic rings. The molecule has 0 spiro atoms. The fraction of sp³-hybridized carbons (Fsp3) is 0.562. The zero-order chi connectivity index (χ0) is 13.3. The Kier molecular flexibility index (Phi) is 5.89. The molecule has 1 aromatic carbocycles. The highest BCUT2D eigenvalue weighted by Crippen LogP contribution is 2.10. The smallest absolute Gasteiger partial charge is 0.320 e. The molecule has 1 aliphatic heterocycles. The van der Waals surface area contributed by atoms with E-state index in [-0.39, 0.29) is 5.97 Å². The molecule has 3 heteroatoms. The zero-order valence-corrected chi connectivity index (χ0v) is 11.5. The van der Waals surface area contributed by atoms with Crippen LogP contribution in [0.25, 0.3) is 0 Å². The van der Waals surface area contributed by atoms with Gasteiger partial charge in [-0.05, 0) is 31.5 Å². The summed E-state index contributed by atoms with van der Waals surface area (Å²) >= 11 is 0. The van der Waals surface area contributed by atoms with Crippen LogP contribution in [0.5, 0.6) is 0 Å². The molecule has 0 aromatic heterocycles. The topological polar surface area (TPSA) is 29.5 Å². The Balaban J connectivity index is 1.71. The molecule has 0 radical (unpaired) electrons. The minimum atomic E-state index is -0.107. The number of carbonyl (C=O) groups excluding carboxylic acids is 1. The van der Waals surface area contributed by atoms with Crippen LogP contribution in [0.1, 0.15) is 37.7 Å². The van der Waals surface area contributed by atoms with Crippen molar-refractivity contribution < 1.29 is 9.53 Å². The van der Waals surface area contributed by atoms with Gasteiger partial charge in [-0.15, -0.1) is 0 Å². The van der Waals surface area contributed by atoms with Crippen LogP contribution in [-0.4, -0.2) is 30.5 Å². The summed E-state index contributed by atoms with van der Waals surface area (Å²) in [4.78, 5) is 14.0. The highest BCUT2D eigenvalue weighted by Gasteiger charge is 2.13. The van der Waals surface area contributed by atoms with Gasteiger partial charge < -0.3 is 4.74 Å². The first kappa shape index (κ1) is 14.1. The summed E-state index contributed by atoms with van der Waals surface area (Å²) in [7, 11) is 0. The van der Waals surface area contributed by atoms with Crippen molar-refractivity contribution in [2.45, 2.75) is 38.7 Å². The van der Waals surface area contributed by atoms with Crippen LogP contribution in [-0.2, 0) is 16.1 Å². The molecule has 19 heavy (non-hydrogen) atoms. The number of carbonyl (C=O) groups is 1. The highest BCUT2D eigenvalue weighted by molar-refractivity contribution is 5.71.